The standard InChI is InChI=1S/C20H17ClN4O3/c1-13-15(19(21)25(24-13)14-7-3-2-4-8-14)11-22-23-20(26)18-12-27-16-9-5-6-10-17(16)28-18/h2-11,18H,12H2,1H3,(H,23,26)/t18-/m0/s1. The van der Waals surface area contributed by atoms with Gasteiger partial charge in [0.15, 0.2) is 11.5 Å². The van der Waals surface area contributed by atoms with E-state index in [2.05, 4.69) is 15.6 Å². The number of halogens is 1. The summed E-state index contributed by atoms with van der Waals surface area (Å²) in [5.41, 5.74) is 4.62. The lowest BCUT2D eigenvalue weighted by Crippen LogP contribution is -2.42. The van der Waals surface area contributed by atoms with E-state index in [0.29, 0.717) is 27.9 Å². The van der Waals surface area contributed by atoms with Crippen LogP contribution in [0.4, 0.5) is 0 Å². The molecule has 28 heavy (non-hydrogen) atoms. The molecule has 8 heteroatoms. The zero-order chi connectivity index (χ0) is 19.5. The van der Waals surface area contributed by atoms with Crippen LogP contribution in [-0.2, 0) is 4.79 Å². The molecule has 2 heterocycles. The molecule has 3 aromatic rings. The predicted molar refractivity (Wildman–Crippen MR) is 105 cm³/mol. The molecule has 0 saturated carbocycles. The Morgan fingerprint density at radius 1 is 1.21 bits per heavy atom. The number of hydrogen-bond donors (Lipinski definition) is 1. The number of aromatic nitrogens is 2. The van der Waals surface area contributed by atoms with E-state index in [1.54, 1.807) is 16.8 Å². The van der Waals surface area contributed by atoms with Crippen LogP contribution in [0.15, 0.2) is 59.7 Å². The second-order valence-electron chi connectivity index (χ2n) is 6.14. The van der Waals surface area contributed by atoms with Gasteiger partial charge >= 0.3 is 0 Å². The number of nitrogens with zero attached hydrogens (tertiary/aromatic N) is 3. The van der Waals surface area contributed by atoms with Crippen molar-refractivity contribution in [2.45, 2.75) is 13.0 Å². The summed E-state index contributed by atoms with van der Waals surface area (Å²) < 4.78 is 12.8. The van der Waals surface area contributed by atoms with Gasteiger partial charge in [0, 0.05) is 0 Å². The number of amides is 1. The molecule has 1 aliphatic rings. The molecule has 142 valence electrons. The quantitative estimate of drug-likeness (QED) is 0.543. The van der Waals surface area contributed by atoms with Gasteiger partial charge in [-0.2, -0.15) is 10.2 Å². The monoisotopic (exact) mass is 396 g/mol. The van der Waals surface area contributed by atoms with Crippen LogP contribution in [0.5, 0.6) is 11.5 Å². The van der Waals surface area contributed by atoms with E-state index in [1.165, 1.54) is 6.21 Å². The first-order chi connectivity index (χ1) is 13.6. The lowest BCUT2D eigenvalue weighted by atomic mass is 10.2. The van der Waals surface area contributed by atoms with Crippen LogP contribution in [0, 0.1) is 6.92 Å². The third-order valence-corrected chi connectivity index (χ3v) is 4.58. The molecule has 0 spiro atoms. The van der Waals surface area contributed by atoms with Gasteiger partial charge in [-0.05, 0) is 31.2 Å². The zero-order valence-electron chi connectivity index (χ0n) is 15.0. The van der Waals surface area contributed by atoms with Crippen molar-refractivity contribution >= 4 is 23.7 Å². The van der Waals surface area contributed by atoms with E-state index in [0.717, 1.165) is 5.69 Å². The predicted octanol–water partition coefficient (Wildman–Crippen LogP) is 3.12. The van der Waals surface area contributed by atoms with Gasteiger partial charge in [0.05, 0.1) is 23.2 Å². The molecule has 1 N–H and O–H groups in total. The maximum atomic E-state index is 12.3. The number of hydrogen-bond acceptors (Lipinski definition) is 5. The van der Waals surface area contributed by atoms with Gasteiger partial charge < -0.3 is 9.47 Å². The van der Waals surface area contributed by atoms with Gasteiger partial charge in [-0.3, -0.25) is 4.79 Å². The molecule has 7 nitrogen and oxygen atoms in total. The average Bonchev–Trinajstić information content (AvgIpc) is 3.02. The van der Waals surface area contributed by atoms with Gasteiger partial charge in [-0.15, -0.1) is 0 Å². The maximum absolute atomic E-state index is 12.3. The molecular weight excluding hydrogens is 380 g/mol. The Kier molecular flexibility index (Phi) is 4.99. The molecule has 0 saturated heterocycles. The fraction of sp³-hybridized carbons (Fsp3) is 0.150. The van der Waals surface area contributed by atoms with Crippen molar-refractivity contribution in [1.82, 2.24) is 15.2 Å². The number of carbonyl (C=O) groups excluding carboxylic acids is 1. The Morgan fingerprint density at radius 3 is 2.71 bits per heavy atom. The smallest absolute Gasteiger partial charge is 0.284 e. The lowest BCUT2D eigenvalue weighted by molar-refractivity contribution is -0.130. The van der Waals surface area contributed by atoms with Gasteiger partial charge in [-0.1, -0.05) is 41.9 Å². The van der Waals surface area contributed by atoms with E-state index in [4.69, 9.17) is 21.1 Å². The average molecular weight is 397 g/mol. The molecule has 1 aliphatic heterocycles. The summed E-state index contributed by atoms with van der Waals surface area (Å²) in [6, 6.07) is 16.7. The Morgan fingerprint density at radius 2 is 1.93 bits per heavy atom. The molecular formula is C20H17ClN4O3. The summed E-state index contributed by atoms with van der Waals surface area (Å²) in [6.07, 6.45) is 0.690. The molecule has 0 aliphatic carbocycles. The highest BCUT2D eigenvalue weighted by Crippen LogP contribution is 2.30. The highest BCUT2D eigenvalue weighted by Gasteiger charge is 2.27. The fourth-order valence-electron chi connectivity index (χ4n) is 2.78. The molecule has 4 rings (SSSR count). The first-order valence-corrected chi connectivity index (χ1v) is 9.03. The Labute approximate surface area is 166 Å². The number of nitrogens with one attached hydrogen (secondary N) is 1. The van der Waals surface area contributed by atoms with Crippen molar-refractivity contribution in [3.63, 3.8) is 0 Å². The highest BCUT2D eigenvalue weighted by atomic mass is 35.5. The fourth-order valence-corrected chi connectivity index (χ4v) is 3.10. The van der Waals surface area contributed by atoms with E-state index in [-0.39, 0.29) is 6.61 Å². The SMILES string of the molecule is Cc1nn(-c2ccccc2)c(Cl)c1C=NNC(=O)[C@@H]1COc2ccccc2O1. The number of ether oxygens (including phenoxy) is 2. The number of benzene rings is 2. The van der Waals surface area contributed by atoms with Crippen molar-refractivity contribution in [2.24, 2.45) is 5.10 Å². The summed E-state index contributed by atoms with van der Waals surface area (Å²) in [5.74, 6) is 0.738. The number of carbonyl (C=O) groups is 1. The van der Waals surface area contributed by atoms with Crippen molar-refractivity contribution in [3.8, 4) is 17.2 Å². The van der Waals surface area contributed by atoms with E-state index in [1.807, 2.05) is 49.4 Å². The largest absolute Gasteiger partial charge is 0.485 e. The molecule has 1 amide bonds. The molecule has 0 fully saturated rings. The number of hydrazone groups is 1. The van der Waals surface area contributed by atoms with Gasteiger partial charge in [0.25, 0.3) is 5.91 Å². The minimum absolute atomic E-state index is 0.115. The molecule has 0 bridgehead atoms. The highest BCUT2D eigenvalue weighted by molar-refractivity contribution is 6.32. The van der Waals surface area contributed by atoms with Crippen LogP contribution >= 0.6 is 11.6 Å². The third-order valence-electron chi connectivity index (χ3n) is 4.22. The second-order valence-corrected chi connectivity index (χ2v) is 6.49. The summed E-state index contributed by atoms with van der Waals surface area (Å²) in [7, 11) is 0. The zero-order valence-corrected chi connectivity index (χ0v) is 15.8. The van der Waals surface area contributed by atoms with Crippen molar-refractivity contribution in [1.29, 1.82) is 0 Å². The number of rotatable bonds is 4. The molecule has 1 aromatic heterocycles. The topological polar surface area (TPSA) is 77.7 Å². The van der Waals surface area contributed by atoms with Crippen molar-refractivity contribution in [3.05, 3.63) is 71.0 Å². The van der Waals surface area contributed by atoms with Crippen LogP contribution in [0.2, 0.25) is 5.15 Å². The normalized spacial score (nSPS) is 15.6. The number of fused-ring (bicyclic) bond motifs is 1. The summed E-state index contributed by atoms with van der Waals surface area (Å²) in [6.45, 7) is 1.94. The van der Waals surface area contributed by atoms with Gasteiger partial charge in [-0.25, -0.2) is 10.1 Å². The van der Waals surface area contributed by atoms with Crippen molar-refractivity contribution in [2.75, 3.05) is 6.61 Å². The minimum atomic E-state index is -0.782. The van der Waals surface area contributed by atoms with Crippen molar-refractivity contribution < 1.29 is 14.3 Å². The number of aryl methyl sites for hydroxylation is 1. The Bertz CT molecular complexity index is 1030. The van der Waals surface area contributed by atoms with Crippen LogP contribution in [0.3, 0.4) is 0 Å². The molecule has 1 atom stereocenters. The summed E-state index contributed by atoms with van der Waals surface area (Å²) in [4.78, 5) is 12.3. The first-order valence-electron chi connectivity index (χ1n) is 8.65. The molecule has 2 aromatic carbocycles. The van der Waals surface area contributed by atoms with Gasteiger partial charge in [0.2, 0.25) is 6.10 Å². The van der Waals surface area contributed by atoms with Crippen LogP contribution in [0.1, 0.15) is 11.3 Å². The summed E-state index contributed by atoms with van der Waals surface area (Å²) >= 11 is 6.44. The Balaban J connectivity index is 1.44. The third kappa shape index (κ3) is 3.57. The van der Waals surface area contributed by atoms with Crippen LogP contribution in [-0.4, -0.2) is 34.6 Å². The molecule has 0 unspecified atom stereocenters. The first kappa shape index (κ1) is 18.1. The maximum Gasteiger partial charge on any atom is 0.284 e. The molecule has 0 radical (unpaired) electrons. The van der Waals surface area contributed by atoms with E-state index in [9.17, 15) is 4.79 Å². The van der Waals surface area contributed by atoms with E-state index >= 15 is 0 Å². The minimum Gasteiger partial charge on any atom is -0.485 e. The van der Waals surface area contributed by atoms with Crippen LogP contribution < -0.4 is 14.9 Å². The Hall–Kier alpha value is -3.32. The van der Waals surface area contributed by atoms with Gasteiger partial charge in [0.1, 0.15) is 11.8 Å². The lowest BCUT2D eigenvalue weighted by Gasteiger charge is -2.24. The van der Waals surface area contributed by atoms with E-state index < -0.39 is 12.0 Å². The second kappa shape index (κ2) is 7.74. The van der Waals surface area contributed by atoms with Crippen LogP contribution in [0.25, 0.3) is 5.69 Å². The number of para-hydroxylation sites is 3. The summed E-state index contributed by atoms with van der Waals surface area (Å²) in [5, 5.41) is 8.84.